The van der Waals surface area contributed by atoms with Crippen molar-refractivity contribution >= 4 is 30.0 Å². The number of carbonyl (C=O) groups is 4. The van der Waals surface area contributed by atoms with Crippen LogP contribution in [0.25, 0.3) is 6.08 Å². The van der Waals surface area contributed by atoms with Gasteiger partial charge in [-0.05, 0) is 63.6 Å². The highest BCUT2D eigenvalue weighted by molar-refractivity contribution is 5.91. The number of carbonyl (C=O) groups excluding carboxylic acids is 4. The first kappa shape index (κ1) is 31.0. The molecule has 0 aliphatic rings. The third-order valence-corrected chi connectivity index (χ3v) is 4.76. The number of ether oxygens (including phenoxy) is 5. The van der Waals surface area contributed by atoms with E-state index in [9.17, 15) is 19.2 Å². The molecule has 2 rings (SSSR count). The van der Waals surface area contributed by atoms with Crippen LogP contribution in [-0.4, -0.2) is 23.9 Å². The van der Waals surface area contributed by atoms with E-state index in [0.29, 0.717) is 11.1 Å². The zero-order valence-electron chi connectivity index (χ0n) is 22.8. The van der Waals surface area contributed by atoms with Gasteiger partial charge in [0.2, 0.25) is 0 Å². The minimum atomic E-state index is -0.668. The molecule has 9 heteroatoms. The lowest BCUT2D eigenvalue weighted by molar-refractivity contribution is -0.131. The summed E-state index contributed by atoms with van der Waals surface area (Å²) in [6, 6.07) is 8.91. The predicted octanol–water partition coefficient (Wildman–Crippen LogP) is 5.80. The molecule has 0 spiro atoms. The van der Waals surface area contributed by atoms with E-state index in [-0.39, 0.29) is 51.9 Å². The molecule has 0 atom stereocenters. The summed E-state index contributed by atoms with van der Waals surface area (Å²) < 4.78 is 26.8. The van der Waals surface area contributed by atoms with Gasteiger partial charge >= 0.3 is 23.9 Å². The zero-order chi connectivity index (χ0) is 30.0. The molecule has 2 aromatic rings. The standard InChI is InChI=1S/C31H30O9/c1-18(2)28(32)37-24-10-9-23(27(16-24)40-31(35)21(7)8)17-36-12-11-22-13-25(38-29(33)19(3)4)15-26(14-22)39-30(34)20(5)6/h9-16H,1,3,5,7,17H2,2,4,6,8H3/b12-11+. The summed E-state index contributed by atoms with van der Waals surface area (Å²) in [5, 5.41) is 0. The molecule has 0 aliphatic carbocycles. The average molecular weight is 547 g/mol. The molecule has 9 nitrogen and oxygen atoms in total. The van der Waals surface area contributed by atoms with E-state index >= 15 is 0 Å². The molecule has 0 fully saturated rings. The van der Waals surface area contributed by atoms with Gasteiger partial charge in [-0.3, -0.25) is 0 Å². The van der Waals surface area contributed by atoms with Gasteiger partial charge in [-0.15, -0.1) is 0 Å². The number of benzene rings is 2. The minimum absolute atomic E-state index is 0.0359. The van der Waals surface area contributed by atoms with Crippen LogP contribution in [0.15, 0.2) is 91.3 Å². The van der Waals surface area contributed by atoms with Crippen LogP contribution in [-0.2, 0) is 30.5 Å². The Labute approximate surface area is 232 Å². The van der Waals surface area contributed by atoms with Crippen molar-refractivity contribution < 1.29 is 42.9 Å². The third-order valence-electron chi connectivity index (χ3n) is 4.76. The monoisotopic (exact) mass is 546 g/mol. The van der Waals surface area contributed by atoms with Gasteiger partial charge in [0, 0.05) is 40.0 Å². The van der Waals surface area contributed by atoms with Gasteiger partial charge in [0.1, 0.15) is 29.6 Å². The van der Waals surface area contributed by atoms with E-state index in [1.807, 2.05) is 0 Å². The van der Waals surface area contributed by atoms with Crippen LogP contribution in [0.2, 0.25) is 0 Å². The van der Waals surface area contributed by atoms with Crippen molar-refractivity contribution in [1.29, 1.82) is 0 Å². The van der Waals surface area contributed by atoms with Crippen LogP contribution in [0, 0.1) is 0 Å². The van der Waals surface area contributed by atoms with E-state index in [1.54, 1.807) is 12.1 Å². The van der Waals surface area contributed by atoms with Gasteiger partial charge in [-0.25, -0.2) is 19.2 Å². The first-order valence-electron chi connectivity index (χ1n) is 11.8. The fraction of sp³-hybridized carbons (Fsp3) is 0.161. The Hall–Kier alpha value is -5.18. The van der Waals surface area contributed by atoms with Gasteiger partial charge in [0.15, 0.2) is 0 Å². The number of rotatable bonds is 12. The SMILES string of the molecule is C=C(C)C(=O)Oc1cc(/C=C/OCc2ccc(OC(=O)C(=C)C)cc2OC(=O)C(=C)C)cc(OC(=O)C(=C)C)c1. The van der Waals surface area contributed by atoms with Crippen molar-refractivity contribution in [1.82, 2.24) is 0 Å². The summed E-state index contributed by atoms with van der Waals surface area (Å²) in [7, 11) is 0. The molecule has 0 radical (unpaired) electrons. The number of hydrogen-bond donors (Lipinski definition) is 0. The average Bonchev–Trinajstić information content (AvgIpc) is 2.87. The van der Waals surface area contributed by atoms with Crippen molar-refractivity contribution in [3.63, 3.8) is 0 Å². The van der Waals surface area contributed by atoms with Crippen LogP contribution >= 0.6 is 0 Å². The molecule has 0 bridgehead atoms. The summed E-state index contributed by atoms with van der Waals surface area (Å²) in [5.74, 6) is -2.10. The fourth-order valence-corrected chi connectivity index (χ4v) is 2.65. The Bertz CT molecular complexity index is 1380. The Balaban J connectivity index is 2.27. The van der Waals surface area contributed by atoms with Gasteiger partial charge in [-0.2, -0.15) is 0 Å². The Morgan fingerprint density at radius 3 is 1.55 bits per heavy atom. The molecule has 0 saturated heterocycles. The molecule has 40 heavy (non-hydrogen) atoms. The van der Waals surface area contributed by atoms with Gasteiger partial charge in [0.05, 0.1) is 6.26 Å². The summed E-state index contributed by atoms with van der Waals surface area (Å²) in [6.45, 7) is 20.2. The molecular formula is C31H30O9. The van der Waals surface area contributed by atoms with E-state index in [0.717, 1.165) is 0 Å². The van der Waals surface area contributed by atoms with Crippen molar-refractivity contribution in [3.8, 4) is 23.0 Å². The highest BCUT2D eigenvalue weighted by atomic mass is 16.6. The molecule has 0 aromatic heterocycles. The highest BCUT2D eigenvalue weighted by Gasteiger charge is 2.15. The molecule has 0 amide bonds. The Kier molecular flexibility index (Phi) is 10.9. The van der Waals surface area contributed by atoms with Crippen LogP contribution < -0.4 is 18.9 Å². The lowest BCUT2D eigenvalue weighted by atomic mass is 10.2. The molecule has 208 valence electrons. The Morgan fingerprint density at radius 2 is 1.07 bits per heavy atom. The second-order valence-electron chi connectivity index (χ2n) is 8.80. The molecule has 0 N–H and O–H groups in total. The lowest BCUT2D eigenvalue weighted by Crippen LogP contribution is -2.11. The van der Waals surface area contributed by atoms with Gasteiger partial charge in [0.25, 0.3) is 0 Å². The van der Waals surface area contributed by atoms with E-state index in [4.69, 9.17) is 23.7 Å². The van der Waals surface area contributed by atoms with Gasteiger partial charge in [-0.1, -0.05) is 26.3 Å². The van der Waals surface area contributed by atoms with Crippen LogP contribution in [0.1, 0.15) is 38.8 Å². The number of hydrogen-bond acceptors (Lipinski definition) is 9. The maximum atomic E-state index is 12.1. The van der Waals surface area contributed by atoms with Crippen molar-refractivity contribution in [2.45, 2.75) is 34.3 Å². The molecule has 0 unspecified atom stereocenters. The first-order valence-corrected chi connectivity index (χ1v) is 11.8. The molecular weight excluding hydrogens is 516 g/mol. The summed E-state index contributed by atoms with van der Waals surface area (Å²) in [4.78, 5) is 48.0. The molecule has 2 aromatic carbocycles. The topological polar surface area (TPSA) is 114 Å². The quantitative estimate of drug-likeness (QED) is 0.141. The smallest absolute Gasteiger partial charge is 0.338 e. The highest BCUT2D eigenvalue weighted by Crippen LogP contribution is 2.28. The maximum Gasteiger partial charge on any atom is 0.338 e. The minimum Gasteiger partial charge on any atom is -0.496 e. The maximum absolute atomic E-state index is 12.1. The largest absolute Gasteiger partial charge is 0.496 e. The molecule has 0 saturated carbocycles. The third kappa shape index (κ3) is 9.60. The van der Waals surface area contributed by atoms with Gasteiger partial charge < -0.3 is 23.7 Å². The fourth-order valence-electron chi connectivity index (χ4n) is 2.65. The summed E-state index contributed by atoms with van der Waals surface area (Å²) >= 11 is 0. The second-order valence-corrected chi connectivity index (χ2v) is 8.80. The van der Waals surface area contributed by atoms with Crippen LogP contribution in [0.4, 0.5) is 0 Å². The van der Waals surface area contributed by atoms with Crippen molar-refractivity contribution in [3.05, 3.63) is 102 Å². The predicted molar refractivity (Wildman–Crippen MR) is 149 cm³/mol. The Morgan fingerprint density at radius 1 is 0.625 bits per heavy atom. The van der Waals surface area contributed by atoms with Crippen LogP contribution in [0.5, 0.6) is 23.0 Å². The summed E-state index contributed by atoms with van der Waals surface area (Å²) in [5.41, 5.74) is 1.70. The van der Waals surface area contributed by atoms with Crippen molar-refractivity contribution in [2.24, 2.45) is 0 Å². The van der Waals surface area contributed by atoms with E-state index in [1.165, 1.54) is 64.3 Å². The first-order chi connectivity index (χ1) is 18.8. The zero-order valence-corrected chi connectivity index (χ0v) is 22.8. The van der Waals surface area contributed by atoms with Crippen LogP contribution in [0.3, 0.4) is 0 Å². The van der Waals surface area contributed by atoms with Crippen molar-refractivity contribution in [2.75, 3.05) is 0 Å². The second kappa shape index (κ2) is 14.1. The number of esters is 4. The van der Waals surface area contributed by atoms with E-state index < -0.39 is 23.9 Å². The molecule has 0 heterocycles. The summed E-state index contributed by atoms with van der Waals surface area (Å²) in [6.07, 6.45) is 2.89. The van der Waals surface area contributed by atoms with E-state index in [2.05, 4.69) is 26.3 Å². The molecule has 0 aliphatic heterocycles. The normalized spacial score (nSPS) is 10.3. The lowest BCUT2D eigenvalue weighted by Gasteiger charge is -2.12.